The van der Waals surface area contributed by atoms with Gasteiger partial charge in [0.05, 0.1) is 16.9 Å². The topological polar surface area (TPSA) is 123 Å². The smallest absolute Gasteiger partial charge is 0.202 e. The molecule has 1 saturated carbocycles. The van der Waals surface area contributed by atoms with Crippen LogP contribution in [0.5, 0.6) is 0 Å². The van der Waals surface area contributed by atoms with E-state index in [4.69, 9.17) is 28.1 Å². The second-order valence-corrected chi connectivity index (χ2v) is 8.94. The summed E-state index contributed by atoms with van der Waals surface area (Å²) in [6, 6.07) is 2.11. The molecule has 1 spiro atoms. The van der Waals surface area contributed by atoms with Crippen LogP contribution >= 0.6 is 11.6 Å². The van der Waals surface area contributed by atoms with Crippen LogP contribution in [0, 0.1) is 11.3 Å². The molecule has 9 heteroatoms. The van der Waals surface area contributed by atoms with Crippen molar-refractivity contribution in [2.75, 3.05) is 23.7 Å². The molecule has 3 aromatic rings. The Balaban J connectivity index is 1.40. The lowest BCUT2D eigenvalue weighted by atomic mass is 9.74. The zero-order valence-electron chi connectivity index (χ0n) is 16.4. The van der Waals surface area contributed by atoms with Crippen molar-refractivity contribution in [3.05, 3.63) is 23.5 Å². The number of hydrogen-bond donors (Lipinski definition) is 3. The number of nitrogens with zero attached hydrogens (tertiary/aromatic N) is 5. The molecule has 0 bridgehead atoms. The van der Waals surface area contributed by atoms with Gasteiger partial charge in [0.25, 0.3) is 0 Å². The van der Waals surface area contributed by atoms with Crippen LogP contribution in [-0.2, 0) is 0 Å². The Morgan fingerprint density at radius 2 is 2.07 bits per heavy atom. The van der Waals surface area contributed by atoms with Gasteiger partial charge in [-0.25, -0.2) is 15.0 Å². The van der Waals surface area contributed by atoms with E-state index >= 15 is 0 Å². The van der Waals surface area contributed by atoms with Crippen LogP contribution in [0.3, 0.4) is 0 Å². The summed E-state index contributed by atoms with van der Waals surface area (Å²) >= 11 is 6.32. The van der Waals surface area contributed by atoms with Crippen LogP contribution in [0.15, 0.2) is 18.5 Å². The highest BCUT2D eigenvalue weighted by atomic mass is 35.5. The van der Waals surface area contributed by atoms with Crippen LogP contribution in [0.25, 0.3) is 22.4 Å². The number of aromatic amines is 1. The van der Waals surface area contributed by atoms with Gasteiger partial charge in [0, 0.05) is 30.9 Å². The number of piperidine rings is 1. The molecule has 4 heterocycles. The van der Waals surface area contributed by atoms with E-state index in [1.165, 1.54) is 6.42 Å². The molecule has 0 unspecified atom stereocenters. The lowest BCUT2D eigenvalue weighted by molar-refractivity contribution is 0.193. The first kappa shape index (κ1) is 18.6. The Kier molecular flexibility index (Phi) is 4.36. The summed E-state index contributed by atoms with van der Waals surface area (Å²) in [7, 11) is 0. The maximum atomic E-state index is 6.49. The van der Waals surface area contributed by atoms with E-state index in [1.807, 2.05) is 6.20 Å². The van der Waals surface area contributed by atoms with Crippen LogP contribution < -0.4 is 16.4 Å². The fourth-order valence-corrected chi connectivity index (χ4v) is 5.35. The number of nitrogens with one attached hydrogen (secondary N) is 1. The minimum atomic E-state index is 0.276. The summed E-state index contributed by atoms with van der Waals surface area (Å²) in [4.78, 5) is 15.7. The summed E-state index contributed by atoms with van der Waals surface area (Å²) in [5.74, 6) is 1.85. The predicted octanol–water partition coefficient (Wildman–Crippen LogP) is 2.99. The minimum absolute atomic E-state index is 0.276. The molecule has 3 aromatic heterocycles. The lowest BCUT2D eigenvalue weighted by Crippen LogP contribution is -2.47. The molecule has 0 aromatic carbocycles. The van der Waals surface area contributed by atoms with Crippen LogP contribution in [-0.4, -0.2) is 44.3 Å². The summed E-state index contributed by atoms with van der Waals surface area (Å²) in [6.07, 6.45) is 8.03. The van der Waals surface area contributed by atoms with Crippen molar-refractivity contribution in [1.82, 2.24) is 25.1 Å². The molecule has 29 heavy (non-hydrogen) atoms. The molecule has 1 aliphatic carbocycles. The van der Waals surface area contributed by atoms with Crippen LogP contribution in [0.1, 0.15) is 32.6 Å². The van der Waals surface area contributed by atoms with Gasteiger partial charge in [-0.2, -0.15) is 5.10 Å². The van der Waals surface area contributed by atoms with E-state index in [1.54, 1.807) is 12.3 Å². The van der Waals surface area contributed by atoms with Gasteiger partial charge in [-0.15, -0.1) is 0 Å². The van der Waals surface area contributed by atoms with Crippen molar-refractivity contribution in [1.29, 1.82) is 0 Å². The standard InChI is InChI=1S/C20H25ClN8/c1-11-8-13(22)20(9-11)3-6-29(7-4-20)14-10-25-17-16(27-28-19(17)26-14)12-2-5-24-18(23)15(12)21/h2,5,10-11,13H,3-4,6-9,22H2,1H3,(H2,23,24)(H,26,27,28)/t11-,13-/m1/s1. The number of rotatable bonds is 2. The third kappa shape index (κ3) is 3.02. The molecule has 8 nitrogen and oxygen atoms in total. The van der Waals surface area contributed by atoms with E-state index in [-0.39, 0.29) is 5.82 Å². The van der Waals surface area contributed by atoms with E-state index in [0.717, 1.165) is 44.1 Å². The normalized spacial score (nSPS) is 23.9. The number of pyridine rings is 1. The first-order chi connectivity index (χ1) is 14.0. The first-order valence-corrected chi connectivity index (χ1v) is 10.5. The van der Waals surface area contributed by atoms with E-state index < -0.39 is 0 Å². The van der Waals surface area contributed by atoms with E-state index in [0.29, 0.717) is 38.9 Å². The number of nitrogens with two attached hydrogens (primary N) is 2. The molecule has 0 radical (unpaired) electrons. The number of aromatic nitrogens is 5. The van der Waals surface area contributed by atoms with Crippen LogP contribution in [0.4, 0.5) is 11.6 Å². The number of anilines is 2. The minimum Gasteiger partial charge on any atom is -0.382 e. The van der Waals surface area contributed by atoms with Gasteiger partial charge >= 0.3 is 0 Å². The number of nitrogen functional groups attached to an aromatic ring is 1. The first-order valence-electron chi connectivity index (χ1n) is 10.1. The second-order valence-electron chi connectivity index (χ2n) is 8.56. The van der Waals surface area contributed by atoms with Crippen molar-refractivity contribution in [3.8, 4) is 11.3 Å². The SMILES string of the molecule is C[C@@H]1C[C@@H](N)C2(CCN(c3cnc4c(-c5ccnc(N)c5Cl)[nH]nc4n3)CC2)C1. The van der Waals surface area contributed by atoms with E-state index in [9.17, 15) is 0 Å². The largest absolute Gasteiger partial charge is 0.382 e. The highest BCUT2D eigenvalue weighted by Crippen LogP contribution is 2.48. The molecule has 2 fully saturated rings. The Morgan fingerprint density at radius 1 is 1.28 bits per heavy atom. The molecule has 5 N–H and O–H groups in total. The number of halogens is 1. The van der Waals surface area contributed by atoms with Gasteiger partial charge in [0.15, 0.2) is 0 Å². The van der Waals surface area contributed by atoms with Gasteiger partial charge in [0.2, 0.25) is 5.65 Å². The average Bonchev–Trinajstić information content (AvgIpc) is 3.24. The third-order valence-corrected chi connectivity index (χ3v) is 7.12. The predicted molar refractivity (Wildman–Crippen MR) is 115 cm³/mol. The lowest BCUT2D eigenvalue weighted by Gasteiger charge is -2.42. The second kappa shape index (κ2) is 6.81. The van der Waals surface area contributed by atoms with Gasteiger partial charge in [0.1, 0.15) is 17.2 Å². The monoisotopic (exact) mass is 412 g/mol. The molecule has 5 rings (SSSR count). The number of H-pyrrole nitrogens is 1. The van der Waals surface area contributed by atoms with Crippen molar-refractivity contribution in [3.63, 3.8) is 0 Å². The van der Waals surface area contributed by atoms with Crippen molar-refractivity contribution in [2.45, 2.75) is 38.6 Å². The summed E-state index contributed by atoms with van der Waals surface area (Å²) < 4.78 is 0. The molecule has 1 saturated heterocycles. The van der Waals surface area contributed by atoms with Crippen molar-refractivity contribution < 1.29 is 0 Å². The van der Waals surface area contributed by atoms with Crippen molar-refractivity contribution >= 4 is 34.4 Å². The number of hydrogen-bond acceptors (Lipinski definition) is 7. The molecule has 0 amide bonds. The highest BCUT2D eigenvalue weighted by molar-refractivity contribution is 6.35. The average molecular weight is 413 g/mol. The fourth-order valence-electron chi connectivity index (χ4n) is 5.15. The Labute approximate surface area is 174 Å². The van der Waals surface area contributed by atoms with Crippen molar-refractivity contribution in [2.24, 2.45) is 17.1 Å². The van der Waals surface area contributed by atoms with Gasteiger partial charge in [-0.1, -0.05) is 18.5 Å². The van der Waals surface area contributed by atoms with Gasteiger partial charge in [-0.3, -0.25) is 5.10 Å². The highest BCUT2D eigenvalue weighted by Gasteiger charge is 2.45. The molecule has 152 valence electrons. The summed E-state index contributed by atoms with van der Waals surface area (Å²) in [5, 5.41) is 7.73. The Bertz CT molecular complexity index is 1060. The third-order valence-electron chi connectivity index (χ3n) is 6.72. The summed E-state index contributed by atoms with van der Waals surface area (Å²) in [6.45, 7) is 4.22. The van der Waals surface area contributed by atoms with Gasteiger partial charge < -0.3 is 16.4 Å². The maximum Gasteiger partial charge on any atom is 0.202 e. The molecule has 2 aliphatic rings. The summed E-state index contributed by atoms with van der Waals surface area (Å²) in [5.41, 5.74) is 15.3. The molecular formula is C20H25ClN8. The van der Waals surface area contributed by atoms with Crippen LogP contribution in [0.2, 0.25) is 5.02 Å². The quantitative estimate of drug-likeness (QED) is 0.591. The molecule has 2 atom stereocenters. The van der Waals surface area contributed by atoms with Gasteiger partial charge in [-0.05, 0) is 43.1 Å². The molecule has 1 aliphatic heterocycles. The Hall–Kier alpha value is -2.45. The fraction of sp³-hybridized carbons (Fsp3) is 0.500. The van der Waals surface area contributed by atoms with E-state index in [2.05, 4.69) is 32.0 Å². The maximum absolute atomic E-state index is 6.49. The molecular weight excluding hydrogens is 388 g/mol. The number of fused-ring (bicyclic) bond motifs is 1. The Morgan fingerprint density at radius 3 is 2.79 bits per heavy atom. The zero-order chi connectivity index (χ0) is 20.2. The zero-order valence-corrected chi connectivity index (χ0v) is 17.2.